The smallest absolute Gasteiger partial charge is 0.220 e. The summed E-state index contributed by atoms with van der Waals surface area (Å²) >= 11 is 0. The molecule has 1 aromatic carbocycles. The molecule has 1 saturated heterocycles. The fraction of sp³-hybridized carbons (Fsp3) is 0.667. The molecule has 0 saturated carbocycles. The number of hydrogen-bond donors (Lipinski definition) is 4. The van der Waals surface area contributed by atoms with Crippen LogP contribution in [-0.4, -0.2) is 58.4 Å². The van der Waals surface area contributed by atoms with Crippen LogP contribution in [-0.2, 0) is 11.3 Å². The first-order valence-corrected chi connectivity index (χ1v) is 10.2. The molecule has 0 aromatic heterocycles. The molecule has 152 valence electrons. The SMILES string of the molecule is CC[C@H]1C[NH+](Cc2ccc(OC)cc2O)CC[C@H]1CC(=O)NCC[NH+](C)C. The van der Waals surface area contributed by atoms with Crippen molar-refractivity contribution in [1.29, 1.82) is 0 Å². The Labute approximate surface area is 163 Å². The molecular weight excluding hydrogens is 342 g/mol. The predicted octanol–water partition coefficient (Wildman–Crippen LogP) is -0.517. The number of likely N-dealkylation sites (N-methyl/N-ethyl adjacent to an activating group) is 1. The second-order valence-electron chi connectivity index (χ2n) is 8.10. The zero-order chi connectivity index (χ0) is 19.8. The molecule has 1 heterocycles. The third-order valence-corrected chi connectivity index (χ3v) is 5.74. The topological polar surface area (TPSA) is 67.4 Å². The molecule has 0 bridgehead atoms. The first-order valence-electron chi connectivity index (χ1n) is 10.2. The molecule has 2 rings (SSSR count). The quantitative estimate of drug-likeness (QED) is 0.467. The Morgan fingerprint density at radius 1 is 1.37 bits per heavy atom. The number of phenolic OH excluding ortho intramolecular Hbond substituents is 1. The van der Waals surface area contributed by atoms with Gasteiger partial charge >= 0.3 is 0 Å². The number of aromatic hydroxyl groups is 1. The Morgan fingerprint density at radius 2 is 2.15 bits per heavy atom. The number of hydrogen-bond acceptors (Lipinski definition) is 3. The highest BCUT2D eigenvalue weighted by Gasteiger charge is 2.32. The molecular formula is C21H37N3O3+2. The fourth-order valence-corrected chi connectivity index (χ4v) is 4.02. The molecule has 4 N–H and O–H groups in total. The zero-order valence-electron chi connectivity index (χ0n) is 17.3. The third kappa shape index (κ3) is 6.70. The van der Waals surface area contributed by atoms with Crippen molar-refractivity contribution >= 4 is 5.91 Å². The minimum atomic E-state index is 0.191. The van der Waals surface area contributed by atoms with E-state index in [1.165, 1.54) is 9.80 Å². The minimum Gasteiger partial charge on any atom is -0.507 e. The number of benzene rings is 1. The molecule has 1 amide bonds. The lowest BCUT2D eigenvalue weighted by Crippen LogP contribution is -3.12. The van der Waals surface area contributed by atoms with E-state index in [2.05, 4.69) is 26.3 Å². The van der Waals surface area contributed by atoms with E-state index in [4.69, 9.17) is 4.74 Å². The van der Waals surface area contributed by atoms with Gasteiger partial charge in [-0.25, -0.2) is 0 Å². The number of likely N-dealkylation sites (tertiary alicyclic amines) is 1. The first-order chi connectivity index (χ1) is 12.9. The van der Waals surface area contributed by atoms with Crippen LogP contribution in [0.3, 0.4) is 0 Å². The maximum atomic E-state index is 12.3. The van der Waals surface area contributed by atoms with Crippen LogP contribution < -0.4 is 19.9 Å². The lowest BCUT2D eigenvalue weighted by Gasteiger charge is -2.35. The van der Waals surface area contributed by atoms with E-state index >= 15 is 0 Å². The number of nitrogens with one attached hydrogen (secondary N) is 3. The van der Waals surface area contributed by atoms with Crippen LogP contribution >= 0.6 is 0 Å². The summed E-state index contributed by atoms with van der Waals surface area (Å²) in [6, 6.07) is 5.53. The molecule has 1 unspecified atom stereocenters. The summed E-state index contributed by atoms with van der Waals surface area (Å²) < 4.78 is 5.16. The average Bonchev–Trinajstić information content (AvgIpc) is 2.64. The normalized spacial score (nSPS) is 22.6. The summed E-state index contributed by atoms with van der Waals surface area (Å²) in [5.74, 6) is 2.20. The molecule has 0 radical (unpaired) electrons. The second kappa shape index (κ2) is 10.5. The van der Waals surface area contributed by atoms with Gasteiger partial charge in [-0.2, -0.15) is 0 Å². The molecule has 1 aliphatic rings. The van der Waals surface area contributed by atoms with Gasteiger partial charge in [-0.1, -0.05) is 6.92 Å². The van der Waals surface area contributed by atoms with Gasteiger partial charge in [-0.15, -0.1) is 0 Å². The van der Waals surface area contributed by atoms with E-state index in [9.17, 15) is 9.90 Å². The van der Waals surface area contributed by atoms with Crippen LogP contribution in [0, 0.1) is 11.8 Å². The van der Waals surface area contributed by atoms with Gasteiger partial charge < -0.3 is 25.0 Å². The molecule has 6 heteroatoms. The standard InChI is InChI=1S/C21H35N3O3/c1-5-16-14-24(15-18-6-7-19(27-4)13-20(18)25)10-8-17(16)12-21(26)22-9-11-23(2)3/h6-7,13,16-17,25H,5,8-12,14-15H2,1-4H3,(H,22,26)/p+2/t16-,17-/m0/s1. The summed E-state index contributed by atoms with van der Waals surface area (Å²) in [6.07, 6.45) is 2.80. The van der Waals surface area contributed by atoms with Crippen LogP contribution in [0.1, 0.15) is 31.7 Å². The number of methoxy groups -OCH3 is 1. The average molecular weight is 380 g/mol. The summed E-state index contributed by atoms with van der Waals surface area (Å²) in [4.78, 5) is 15.1. The van der Waals surface area contributed by atoms with Crippen LogP contribution in [0.4, 0.5) is 0 Å². The van der Waals surface area contributed by atoms with E-state index in [1.54, 1.807) is 13.2 Å². The van der Waals surface area contributed by atoms with Gasteiger partial charge in [0.2, 0.25) is 5.91 Å². The summed E-state index contributed by atoms with van der Waals surface area (Å²) in [5.41, 5.74) is 0.961. The van der Waals surface area contributed by atoms with Crippen molar-refractivity contribution in [2.24, 2.45) is 11.8 Å². The molecule has 0 aliphatic carbocycles. The summed E-state index contributed by atoms with van der Waals surface area (Å²) in [7, 11) is 5.80. The molecule has 0 spiro atoms. The summed E-state index contributed by atoms with van der Waals surface area (Å²) in [5, 5.41) is 13.3. The Bertz CT molecular complexity index is 606. The Morgan fingerprint density at radius 3 is 2.78 bits per heavy atom. The van der Waals surface area contributed by atoms with Crippen molar-refractivity contribution in [3.8, 4) is 11.5 Å². The number of carbonyl (C=O) groups is 1. The van der Waals surface area contributed by atoms with Crippen LogP contribution in [0.25, 0.3) is 0 Å². The van der Waals surface area contributed by atoms with E-state index in [1.807, 2.05) is 12.1 Å². The van der Waals surface area contributed by atoms with E-state index < -0.39 is 0 Å². The molecule has 1 aromatic rings. The van der Waals surface area contributed by atoms with Gasteiger partial charge in [0, 0.05) is 30.4 Å². The zero-order valence-corrected chi connectivity index (χ0v) is 17.3. The van der Waals surface area contributed by atoms with Crippen molar-refractivity contribution < 1.29 is 24.4 Å². The number of ether oxygens (including phenoxy) is 1. The Hall–Kier alpha value is -1.79. The van der Waals surface area contributed by atoms with Gasteiger partial charge in [0.25, 0.3) is 0 Å². The van der Waals surface area contributed by atoms with Gasteiger partial charge in [0.15, 0.2) is 0 Å². The van der Waals surface area contributed by atoms with Crippen molar-refractivity contribution in [2.45, 2.75) is 32.7 Å². The predicted molar refractivity (Wildman–Crippen MR) is 106 cm³/mol. The third-order valence-electron chi connectivity index (χ3n) is 5.74. The van der Waals surface area contributed by atoms with Gasteiger partial charge in [0.05, 0.1) is 47.4 Å². The van der Waals surface area contributed by atoms with E-state index in [0.29, 0.717) is 29.8 Å². The van der Waals surface area contributed by atoms with Gasteiger partial charge in [-0.3, -0.25) is 4.79 Å². The van der Waals surface area contributed by atoms with Crippen LogP contribution in [0.2, 0.25) is 0 Å². The molecule has 27 heavy (non-hydrogen) atoms. The highest BCUT2D eigenvalue weighted by molar-refractivity contribution is 5.76. The lowest BCUT2D eigenvalue weighted by molar-refractivity contribution is -0.923. The first kappa shape index (κ1) is 21.5. The molecule has 3 atom stereocenters. The Kier molecular flexibility index (Phi) is 8.38. The number of rotatable bonds is 9. The van der Waals surface area contributed by atoms with Crippen molar-refractivity contribution in [3.05, 3.63) is 23.8 Å². The number of quaternary nitrogens is 2. The van der Waals surface area contributed by atoms with E-state index in [-0.39, 0.29) is 5.91 Å². The number of phenols is 1. The number of amides is 1. The maximum Gasteiger partial charge on any atom is 0.220 e. The Balaban J connectivity index is 1.85. The van der Waals surface area contributed by atoms with Crippen molar-refractivity contribution in [1.82, 2.24) is 5.32 Å². The van der Waals surface area contributed by atoms with Gasteiger partial charge in [0.1, 0.15) is 18.0 Å². The van der Waals surface area contributed by atoms with E-state index in [0.717, 1.165) is 51.1 Å². The van der Waals surface area contributed by atoms with Crippen molar-refractivity contribution in [3.63, 3.8) is 0 Å². The molecule has 1 aliphatic heterocycles. The fourth-order valence-electron chi connectivity index (χ4n) is 4.02. The molecule has 6 nitrogen and oxygen atoms in total. The largest absolute Gasteiger partial charge is 0.507 e. The second-order valence-corrected chi connectivity index (χ2v) is 8.10. The van der Waals surface area contributed by atoms with Crippen LogP contribution in [0.15, 0.2) is 18.2 Å². The number of carbonyl (C=O) groups excluding carboxylic acids is 1. The summed E-state index contributed by atoms with van der Waals surface area (Å²) in [6.45, 7) is 6.84. The van der Waals surface area contributed by atoms with Crippen molar-refractivity contribution in [2.75, 3.05) is 47.4 Å². The van der Waals surface area contributed by atoms with Gasteiger partial charge in [-0.05, 0) is 24.5 Å². The highest BCUT2D eigenvalue weighted by Crippen LogP contribution is 2.25. The minimum absolute atomic E-state index is 0.191. The maximum absolute atomic E-state index is 12.3. The van der Waals surface area contributed by atoms with Crippen LogP contribution in [0.5, 0.6) is 11.5 Å². The molecule has 1 fully saturated rings. The number of piperidine rings is 1. The monoisotopic (exact) mass is 379 g/mol. The lowest BCUT2D eigenvalue weighted by atomic mass is 9.81. The highest BCUT2D eigenvalue weighted by atomic mass is 16.5.